The quantitative estimate of drug-likeness (QED) is 0.898. The lowest BCUT2D eigenvalue weighted by Crippen LogP contribution is -2.47. The Morgan fingerprint density at radius 1 is 1.33 bits per heavy atom. The number of likely N-dealkylation sites (tertiary alicyclic amines) is 1. The first-order valence-corrected chi connectivity index (χ1v) is 7.47. The van der Waals surface area contributed by atoms with Gasteiger partial charge in [0.2, 0.25) is 5.91 Å². The molecule has 0 spiro atoms. The minimum absolute atomic E-state index is 0.00729. The maximum atomic E-state index is 12.2. The molecule has 0 radical (unpaired) electrons. The molecule has 0 aromatic heterocycles. The Labute approximate surface area is 125 Å². The van der Waals surface area contributed by atoms with Gasteiger partial charge >= 0.3 is 6.03 Å². The highest BCUT2D eigenvalue weighted by atomic mass is 16.2. The van der Waals surface area contributed by atoms with E-state index in [2.05, 4.69) is 17.6 Å². The van der Waals surface area contributed by atoms with Crippen LogP contribution in [0.1, 0.15) is 38.7 Å². The zero-order valence-electron chi connectivity index (χ0n) is 12.7. The number of nitrogens with zero attached hydrogens (tertiary/aromatic N) is 1. The van der Waals surface area contributed by atoms with Crippen LogP contribution in [0.15, 0.2) is 24.3 Å². The molecule has 1 fully saturated rings. The first-order chi connectivity index (χ1) is 10.1. The van der Waals surface area contributed by atoms with Gasteiger partial charge in [-0.1, -0.05) is 12.1 Å². The topological polar surface area (TPSA) is 61.4 Å². The summed E-state index contributed by atoms with van der Waals surface area (Å²) in [5, 5.41) is 5.70. The third kappa shape index (κ3) is 4.48. The zero-order chi connectivity index (χ0) is 15.2. The summed E-state index contributed by atoms with van der Waals surface area (Å²) in [5.74, 6) is -0.0988. The van der Waals surface area contributed by atoms with Crippen molar-refractivity contribution in [2.75, 3.05) is 11.9 Å². The van der Waals surface area contributed by atoms with Crippen LogP contribution in [0.25, 0.3) is 0 Å². The van der Waals surface area contributed by atoms with Crippen molar-refractivity contribution in [3.05, 3.63) is 29.8 Å². The second-order valence-corrected chi connectivity index (χ2v) is 5.58. The minimum Gasteiger partial charge on any atom is -0.334 e. The van der Waals surface area contributed by atoms with Crippen molar-refractivity contribution in [1.29, 1.82) is 0 Å². The molecule has 1 aromatic rings. The van der Waals surface area contributed by atoms with Gasteiger partial charge in [0, 0.05) is 31.7 Å². The highest BCUT2D eigenvalue weighted by Crippen LogP contribution is 2.16. The second-order valence-electron chi connectivity index (χ2n) is 5.58. The first kappa shape index (κ1) is 15.4. The standard InChI is InChI=1S/C16H23N3O2/c1-12-6-3-4-9-19(12)16(21)17-11-14-7-5-8-15(10-14)18-13(2)20/h5,7-8,10,12H,3-4,6,9,11H2,1-2H3,(H,17,21)(H,18,20). The van der Waals surface area contributed by atoms with Gasteiger partial charge in [-0.3, -0.25) is 4.79 Å². The number of hydrogen-bond acceptors (Lipinski definition) is 2. The van der Waals surface area contributed by atoms with Gasteiger partial charge in [-0.15, -0.1) is 0 Å². The summed E-state index contributed by atoms with van der Waals surface area (Å²) < 4.78 is 0. The summed E-state index contributed by atoms with van der Waals surface area (Å²) in [6.45, 7) is 4.87. The minimum atomic E-state index is -0.0988. The first-order valence-electron chi connectivity index (χ1n) is 7.47. The fraction of sp³-hybridized carbons (Fsp3) is 0.500. The number of anilines is 1. The van der Waals surface area contributed by atoms with Crippen molar-refractivity contribution in [1.82, 2.24) is 10.2 Å². The summed E-state index contributed by atoms with van der Waals surface area (Å²) in [6.07, 6.45) is 3.35. The van der Waals surface area contributed by atoms with E-state index in [-0.39, 0.29) is 11.9 Å². The molecule has 21 heavy (non-hydrogen) atoms. The maximum Gasteiger partial charge on any atom is 0.317 e. The van der Waals surface area contributed by atoms with E-state index in [1.165, 1.54) is 13.3 Å². The van der Waals surface area contributed by atoms with Gasteiger partial charge in [0.1, 0.15) is 0 Å². The van der Waals surface area contributed by atoms with Crippen molar-refractivity contribution < 1.29 is 9.59 Å². The number of nitrogens with one attached hydrogen (secondary N) is 2. The highest BCUT2D eigenvalue weighted by Gasteiger charge is 2.22. The molecule has 5 nitrogen and oxygen atoms in total. The maximum absolute atomic E-state index is 12.2. The lowest BCUT2D eigenvalue weighted by Gasteiger charge is -2.33. The number of rotatable bonds is 3. The van der Waals surface area contributed by atoms with E-state index in [1.807, 2.05) is 29.2 Å². The van der Waals surface area contributed by atoms with Gasteiger partial charge in [0.15, 0.2) is 0 Å². The normalized spacial score (nSPS) is 18.2. The van der Waals surface area contributed by atoms with Crippen molar-refractivity contribution in [2.45, 2.75) is 45.7 Å². The lowest BCUT2D eigenvalue weighted by molar-refractivity contribution is -0.114. The molecule has 1 aromatic carbocycles. The van der Waals surface area contributed by atoms with Crippen LogP contribution in [0.5, 0.6) is 0 Å². The number of benzene rings is 1. The van der Waals surface area contributed by atoms with Crippen LogP contribution in [0, 0.1) is 0 Å². The van der Waals surface area contributed by atoms with E-state index in [4.69, 9.17) is 0 Å². The van der Waals surface area contributed by atoms with Gasteiger partial charge in [-0.25, -0.2) is 4.79 Å². The van der Waals surface area contributed by atoms with E-state index in [0.717, 1.165) is 30.6 Å². The molecule has 2 rings (SSSR count). The molecule has 1 aliphatic rings. The van der Waals surface area contributed by atoms with E-state index in [1.54, 1.807) is 0 Å². The summed E-state index contributed by atoms with van der Waals surface area (Å²) >= 11 is 0. The van der Waals surface area contributed by atoms with Gasteiger partial charge in [-0.05, 0) is 43.9 Å². The molecule has 1 aliphatic heterocycles. The SMILES string of the molecule is CC(=O)Nc1cccc(CNC(=O)N2CCCCC2C)c1. The molecular formula is C16H23N3O2. The Bertz CT molecular complexity index is 516. The molecular weight excluding hydrogens is 266 g/mol. The Morgan fingerprint density at radius 3 is 2.86 bits per heavy atom. The monoisotopic (exact) mass is 289 g/mol. The molecule has 1 unspecified atom stereocenters. The van der Waals surface area contributed by atoms with E-state index in [9.17, 15) is 9.59 Å². The summed E-state index contributed by atoms with van der Waals surface area (Å²) in [5.41, 5.74) is 1.72. The third-order valence-corrected chi connectivity index (χ3v) is 3.75. The molecule has 0 bridgehead atoms. The van der Waals surface area contributed by atoms with Crippen molar-refractivity contribution in [3.8, 4) is 0 Å². The summed E-state index contributed by atoms with van der Waals surface area (Å²) in [4.78, 5) is 25.1. The predicted molar refractivity (Wildman–Crippen MR) is 83.0 cm³/mol. The molecule has 3 amide bonds. The fourth-order valence-corrected chi connectivity index (χ4v) is 2.64. The molecule has 1 saturated heterocycles. The second kappa shape index (κ2) is 7.11. The van der Waals surface area contributed by atoms with Crippen LogP contribution in [-0.2, 0) is 11.3 Å². The molecule has 114 valence electrons. The van der Waals surface area contributed by atoms with Gasteiger partial charge in [-0.2, -0.15) is 0 Å². The Morgan fingerprint density at radius 2 is 2.14 bits per heavy atom. The van der Waals surface area contributed by atoms with Gasteiger partial charge < -0.3 is 15.5 Å². The van der Waals surface area contributed by atoms with E-state index in [0.29, 0.717) is 12.6 Å². The summed E-state index contributed by atoms with van der Waals surface area (Å²) in [6, 6.07) is 7.82. The molecule has 2 N–H and O–H groups in total. The van der Waals surface area contributed by atoms with Gasteiger partial charge in [0.05, 0.1) is 0 Å². The smallest absolute Gasteiger partial charge is 0.317 e. The van der Waals surface area contributed by atoms with Crippen LogP contribution in [-0.4, -0.2) is 29.4 Å². The fourth-order valence-electron chi connectivity index (χ4n) is 2.64. The Kier molecular flexibility index (Phi) is 5.20. The molecule has 1 heterocycles. The van der Waals surface area contributed by atoms with Crippen LogP contribution in [0.3, 0.4) is 0 Å². The molecule has 1 atom stereocenters. The van der Waals surface area contributed by atoms with Crippen molar-refractivity contribution in [3.63, 3.8) is 0 Å². The molecule has 0 saturated carbocycles. The average Bonchev–Trinajstić information content (AvgIpc) is 2.45. The number of piperidine rings is 1. The number of amides is 3. The largest absolute Gasteiger partial charge is 0.334 e. The van der Waals surface area contributed by atoms with E-state index < -0.39 is 0 Å². The Balaban J connectivity index is 1.90. The van der Waals surface area contributed by atoms with Crippen LogP contribution in [0.2, 0.25) is 0 Å². The van der Waals surface area contributed by atoms with Crippen molar-refractivity contribution >= 4 is 17.6 Å². The number of carbonyl (C=O) groups is 2. The van der Waals surface area contributed by atoms with Gasteiger partial charge in [0.25, 0.3) is 0 Å². The highest BCUT2D eigenvalue weighted by molar-refractivity contribution is 5.88. The van der Waals surface area contributed by atoms with Crippen LogP contribution in [0.4, 0.5) is 10.5 Å². The van der Waals surface area contributed by atoms with Crippen LogP contribution >= 0.6 is 0 Å². The van der Waals surface area contributed by atoms with E-state index >= 15 is 0 Å². The third-order valence-electron chi connectivity index (χ3n) is 3.75. The number of carbonyl (C=O) groups excluding carboxylic acids is 2. The lowest BCUT2D eigenvalue weighted by atomic mass is 10.0. The average molecular weight is 289 g/mol. The van der Waals surface area contributed by atoms with Crippen LogP contribution < -0.4 is 10.6 Å². The molecule has 0 aliphatic carbocycles. The summed E-state index contributed by atoms with van der Waals surface area (Å²) in [7, 11) is 0. The number of hydrogen-bond donors (Lipinski definition) is 2. The number of urea groups is 1. The zero-order valence-corrected chi connectivity index (χ0v) is 12.7. The molecule has 5 heteroatoms. The van der Waals surface area contributed by atoms with Crippen molar-refractivity contribution in [2.24, 2.45) is 0 Å². The predicted octanol–water partition coefficient (Wildman–Crippen LogP) is 2.73. The Hall–Kier alpha value is -2.04.